The molecule has 0 spiro atoms. The molecule has 6 nitrogen and oxygen atoms in total. The van der Waals surface area contributed by atoms with Crippen LogP contribution >= 0.6 is 0 Å². The van der Waals surface area contributed by atoms with Crippen molar-refractivity contribution in [2.45, 2.75) is 26.7 Å². The predicted octanol–water partition coefficient (Wildman–Crippen LogP) is 0.992. The van der Waals surface area contributed by atoms with Gasteiger partial charge in [-0.25, -0.2) is 14.4 Å². The molecule has 0 atom stereocenters. The molecule has 6 heteroatoms. The zero-order valence-corrected chi connectivity index (χ0v) is 10.6. The zero-order chi connectivity index (χ0) is 13.8. The SMILES string of the molecule is CCCCOC(=O)/C=C/C(=O)OCC(=O)OCC. The molecule has 0 saturated heterocycles. The molecule has 0 aromatic rings. The van der Waals surface area contributed by atoms with Gasteiger partial charge >= 0.3 is 17.9 Å². The highest BCUT2D eigenvalue weighted by Crippen LogP contribution is 1.91. The van der Waals surface area contributed by atoms with Crippen LogP contribution in [-0.2, 0) is 28.6 Å². The minimum atomic E-state index is -0.796. The van der Waals surface area contributed by atoms with Crippen molar-refractivity contribution >= 4 is 17.9 Å². The molecule has 0 N–H and O–H groups in total. The van der Waals surface area contributed by atoms with Crippen LogP contribution in [0.1, 0.15) is 26.7 Å². The number of esters is 3. The summed E-state index contributed by atoms with van der Waals surface area (Å²) in [7, 11) is 0. The van der Waals surface area contributed by atoms with Crippen LogP contribution in [0, 0.1) is 0 Å². The molecule has 0 aromatic heterocycles. The fourth-order valence-electron chi connectivity index (χ4n) is 0.882. The Morgan fingerprint density at radius 2 is 1.56 bits per heavy atom. The Morgan fingerprint density at radius 1 is 0.944 bits per heavy atom. The zero-order valence-electron chi connectivity index (χ0n) is 10.6. The van der Waals surface area contributed by atoms with Crippen LogP contribution in [-0.4, -0.2) is 37.7 Å². The first-order valence-electron chi connectivity index (χ1n) is 5.77. The fourth-order valence-corrected chi connectivity index (χ4v) is 0.882. The Hall–Kier alpha value is -1.85. The van der Waals surface area contributed by atoms with E-state index in [4.69, 9.17) is 4.74 Å². The van der Waals surface area contributed by atoms with Crippen molar-refractivity contribution in [1.82, 2.24) is 0 Å². The molecule has 0 aromatic carbocycles. The van der Waals surface area contributed by atoms with Crippen LogP contribution in [0.4, 0.5) is 0 Å². The highest BCUT2D eigenvalue weighted by Gasteiger charge is 2.05. The van der Waals surface area contributed by atoms with Crippen molar-refractivity contribution in [1.29, 1.82) is 0 Å². The minimum absolute atomic E-state index is 0.218. The molecule has 18 heavy (non-hydrogen) atoms. The summed E-state index contributed by atoms with van der Waals surface area (Å²) < 4.78 is 13.8. The van der Waals surface area contributed by atoms with Crippen LogP contribution in [0.3, 0.4) is 0 Å². The van der Waals surface area contributed by atoms with Crippen LogP contribution < -0.4 is 0 Å². The molecular weight excluding hydrogens is 240 g/mol. The van der Waals surface area contributed by atoms with E-state index < -0.39 is 24.5 Å². The first kappa shape index (κ1) is 16.1. The number of hydrogen-bond acceptors (Lipinski definition) is 6. The number of unbranched alkanes of at least 4 members (excludes halogenated alkanes) is 1. The van der Waals surface area contributed by atoms with Crippen molar-refractivity contribution in [3.05, 3.63) is 12.2 Å². The van der Waals surface area contributed by atoms with E-state index in [-0.39, 0.29) is 6.61 Å². The van der Waals surface area contributed by atoms with Gasteiger partial charge in [0, 0.05) is 12.2 Å². The van der Waals surface area contributed by atoms with Gasteiger partial charge in [0.2, 0.25) is 0 Å². The van der Waals surface area contributed by atoms with Gasteiger partial charge in [-0.05, 0) is 13.3 Å². The summed E-state index contributed by atoms with van der Waals surface area (Å²) in [5, 5.41) is 0. The van der Waals surface area contributed by atoms with E-state index in [1.807, 2.05) is 6.92 Å². The molecule has 0 fully saturated rings. The third-order valence-electron chi connectivity index (χ3n) is 1.74. The lowest BCUT2D eigenvalue weighted by Gasteiger charge is -2.01. The molecule has 0 aliphatic carbocycles. The first-order chi connectivity index (χ1) is 8.60. The second-order valence-electron chi connectivity index (χ2n) is 3.27. The highest BCUT2D eigenvalue weighted by atomic mass is 16.6. The van der Waals surface area contributed by atoms with Gasteiger partial charge in [0.1, 0.15) is 0 Å². The molecule has 0 amide bonds. The number of rotatable bonds is 8. The Kier molecular flexibility index (Phi) is 9.25. The van der Waals surface area contributed by atoms with E-state index in [0.717, 1.165) is 25.0 Å². The third kappa shape index (κ3) is 9.38. The van der Waals surface area contributed by atoms with Gasteiger partial charge in [0.05, 0.1) is 13.2 Å². The Morgan fingerprint density at radius 3 is 2.11 bits per heavy atom. The van der Waals surface area contributed by atoms with E-state index in [9.17, 15) is 14.4 Å². The van der Waals surface area contributed by atoms with Gasteiger partial charge in [-0.15, -0.1) is 0 Å². The summed E-state index contributed by atoms with van der Waals surface area (Å²) in [6, 6.07) is 0. The Labute approximate surface area is 106 Å². The monoisotopic (exact) mass is 258 g/mol. The van der Waals surface area contributed by atoms with E-state index in [1.165, 1.54) is 0 Å². The summed E-state index contributed by atoms with van der Waals surface area (Å²) >= 11 is 0. The quantitative estimate of drug-likeness (QED) is 0.279. The third-order valence-corrected chi connectivity index (χ3v) is 1.74. The van der Waals surface area contributed by atoms with E-state index in [2.05, 4.69) is 9.47 Å². The van der Waals surface area contributed by atoms with Crippen LogP contribution in [0.2, 0.25) is 0 Å². The second-order valence-corrected chi connectivity index (χ2v) is 3.27. The topological polar surface area (TPSA) is 78.9 Å². The maximum atomic E-state index is 11.1. The molecule has 0 aliphatic heterocycles. The average molecular weight is 258 g/mol. The average Bonchev–Trinajstić information content (AvgIpc) is 2.34. The van der Waals surface area contributed by atoms with Gasteiger partial charge in [-0.3, -0.25) is 0 Å². The molecule has 102 valence electrons. The molecule has 0 bridgehead atoms. The standard InChI is InChI=1S/C12H18O6/c1-3-5-8-17-10(13)6-7-11(14)18-9-12(15)16-4-2/h6-7H,3-5,8-9H2,1-2H3/b7-6+. The molecule has 0 radical (unpaired) electrons. The van der Waals surface area contributed by atoms with E-state index >= 15 is 0 Å². The van der Waals surface area contributed by atoms with Gasteiger partial charge in [-0.2, -0.15) is 0 Å². The fraction of sp³-hybridized carbons (Fsp3) is 0.583. The normalized spacial score (nSPS) is 10.1. The van der Waals surface area contributed by atoms with Crippen LogP contribution in [0.25, 0.3) is 0 Å². The summed E-state index contributed by atoms with van der Waals surface area (Å²) in [6.45, 7) is 3.68. The number of ether oxygens (including phenoxy) is 3. The summed E-state index contributed by atoms with van der Waals surface area (Å²) in [5.74, 6) is -2.04. The van der Waals surface area contributed by atoms with Crippen molar-refractivity contribution in [3.63, 3.8) is 0 Å². The van der Waals surface area contributed by atoms with Crippen LogP contribution in [0.15, 0.2) is 12.2 Å². The van der Waals surface area contributed by atoms with Crippen molar-refractivity contribution < 1.29 is 28.6 Å². The van der Waals surface area contributed by atoms with Crippen molar-refractivity contribution in [3.8, 4) is 0 Å². The van der Waals surface area contributed by atoms with Gasteiger partial charge in [0.25, 0.3) is 0 Å². The lowest BCUT2D eigenvalue weighted by atomic mass is 10.4. The van der Waals surface area contributed by atoms with Gasteiger partial charge in [0.15, 0.2) is 6.61 Å². The smallest absolute Gasteiger partial charge is 0.344 e. The number of carbonyl (C=O) groups is 3. The van der Waals surface area contributed by atoms with Crippen molar-refractivity contribution in [2.24, 2.45) is 0 Å². The van der Waals surface area contributed by atoms with Crippen LogP contribution in [0.5, 0.6) is 0 Å². The molecular formula is C12H18O6. The molecule has 0 saturated carbocycles. The Bertz CT molecular complexity index is 308. The lowest BCUT2D eigenvalue weighted by Crippen LogP contribution is -2.15. The molecule has 0 aliphatic rings. The molecule has 0 rings (SSSR count). The van der Waals surface area contributed by atoms with E-state index in [0.29, 0.717) is 6.61 Å². The van der Waals surface area contributed by atoms with Crippen molar-refractivity contribution in [2.75, 3.05) is 19.8 Å². The highest BCUT2D eigenvalue weighted by molar-refractivity contribution is 5.92. The predicted molar refractivity (Wildman–Crippen MR) is 62.6 cm³/mol. The number of carbonyl (C=O) groups excluding carboxylic acids is 3. The van der Waals surface area contributed by atoms with Gasteiger partial charge in [-0.1, -0.05) is 13.3 Å². The summed E-state index contributed by atoms with van der Waals surface area (Å²) in [5.41, 5.74) is 0. The number of hydrogen-bond donors (Lipinski definition) is 0. The molecule has 0 unspecified atom stereocenters. The first-order valence-corrected chi connectivity index (χ1v) is 5.77. The minimum Gasteiger partial charge on any atom is -0.463 e. The summed E-state index contributed by atoms with van der Waals surface area (Å²) in [6.07, 6.45) is 3.56. The summed E-state index contributed by atoms with van der Waals surface area (Å²) in [4.78, 5) is 33.0. The van der Waals surface area contributed by atoms with E-state index in [1.54, 1.807) is 6.92 Å². The lowest BCUT2D eigenvalue weighted by molar-refractivity contribution is -0.155. The van der Waals surface area contributed by atoms with Gasteiger partial charge < -0.3 is 14.2 Å². The Balaban J connectivity index is 3.79. The maximum absolute atomic E-state index is 11.1. The molecule has 0 heterocycles. The largest absolute Gasteiger partial charge is 0.463 e. The maximum Gasteiger partial charge on any atom is 0.344 e. The second kappa shape index (κ2) is 10.3.